The van der Waals surface area contributed by atoms with Gasteiger partial charge in [-0.05, 0) is 25.4 Å². The van der Waals surface area contributed by atoms with E-state index in [4.69, 9.17) is 0 Å². The Morgan fingerprint density at radius 1 is 0.556 bits per heavy atom. The number of pyridine rings is 2. The normalized spacial score (nSPS) is 12.4. The van der Waals surface area contributed by atoms with Gasteiger partial charge in [0.25, 0.3) is 0 Å². The first-order valence-electron chi connectivity index (χ1n) is 7.58. The molecule has 140 valence electrons. The lowest BCUT2D eigenvalue weighted by Gasteiger charge is -2.19. The molecule has 27 heavy (non-hydrogen) atoms. The third-order valence-corrected chi connectivity index (χ3v) is 5.98. The van der Waals surface area contributed by atoms with E-state index in [0.29, 0.717) is 10.6 Å². The number of nitrogens with zero attached hydrogens (tertiary/aromatic N) is 2. The van der Waals surface area contributed by atoms with Gasteiger partial charge in [-0.15, -0.1) is 0 Å². The lowest BCUT2D eigenvalue weighted by molar-refractivity contribution is -0.141. The van der Waals surface area contributed by atoms with Gasteiger partial charge in [-0.3, -0.25) is 9.97 Å². The first-order valence-corrected chi connectivity index (χ1v) is 8.92. The molecule has 3 aromatic rings. The zero-order valence-electron chi connectivity index (χ0n) is 13.5. The van der Waals surface area contributed by atoms with E-state index < -0.39 is 31.7 Å². The number of rotatable bonds is 3. The summed E-state index contributed by atoms with van der Waals surface area (Å²) in [4.78, 5) is 6.94. The molecule has 0 fully saturated rings. The van der Waals surface area contributed by atoms with Gasteiger partial charge in [0.15, 0.2) is 0 Å². The lowest BCUT2D eigenvalue weighted by atomic mass is 10.3. The van der Waals surface area contributed by atoms with Crippen LogP contribution < -0.4 is 15.9 Å². The van der Waals surface area contributed by atoms with Gasteiger partial charge in [0.1, 0.15) is 11.4 Å². The number of benzene rings is 1. The fourth-order valence-electron chi connectivity index (χ4n) is 2.40. The molecule has 1 aromatic carbocycles. The summed E-state index contributed by atoms with van der Waals surface area (Å²) in [7, 11) is -1.40. The highest BCUT2D eigenvalue weighted by Crippen LogP contribution is 2.35. The van der Waals surface area contributed by atoms with E-state index in [2.05, 4.69) is 9.97 Å². The molecule has 0 radical (unpaired) electrons. The maximum absolute atomic E-state index is 12.7. The molecule has 0 aliphatic rings. The van der Waals surface area contributed by atoms with Crippen LogP contribution in [0.25, 0.3) is 0 Å². The van der Waals surface area contributed by atoms with Crippen LogP contribution >= 0.6 is 7.92 Å². The van der Waals surface area contributed by atoms with Crippen LogP contribution in [-0.4, -0.2) is 9.97 Å². The monoisotopic (exact) mass is 400 g/mol. The fourth-order valence-corrected chi connectivity index (χ4v) is 4.55. The van der Waals surface area contributed by atoms with Crippen molar-refractivity contribution in [3.63, 3.8) is 0 Å². The topological polar surface area (TPSA) is 25.8 Å². The van der Waals surface area contributed by atoms with Crippen LogP contribution in [0.5, 0.6) is 0 Å². The molecule has 0 bridgehead atoms. The zero-order chi connectivity index (χ0) is 19.7. The maximum Gasteiger partial charge on any atom is 0.433 e. The molecular formula is C18H11F6N2P. The zero-order valence-corrected chi connectivity index (χ0v) is 14.4. The Labute approximate surface area is 151 Å². The van der Waals surface area contributed by atoms with Crippen LogP contribution in [0.1, 0.15) is 11.4 Å². The Bertz CT molecular complexity index is 833. The second-order valence-corrected chi connectivity index (χ2v) is 7.69. The number of halogens is 6. The van der Waals surface area contributed by atoms with Crippen molar-refractivity contribution in [3.8, 4) is 0 Å². The Morgan fingerprint density at radius 2 is 1.00 bits per heavy atom. The highest BCUT2D eigenvalue weighted by molar-refractivity contribution is 7.79. The van der Waals surface area contributed by atoms with Gasteiger partial charge in [-0.1, -0.05) is 42.5 Å². The molecule has 0 saturated heterocycles. The number of aromatic nitrogens is 2. The van der Waals surface area contributed by atoms with Gasteiger partial charge in [0, 0.05) is 23.0 Å². The van der Waals surface area contributed by atoms with Crippen LogP contribution in [0.4, 0.5) is 26.3 Å². The minimum Gasteiger partial charge on any atom is -0.251 e. The molecule has 2 aromatic heterocycles. The predicted octanol–water partition coefficient (Wildman–Crippen LogP) is 4.27. The maximum atomic E-state index is 12.7. The number of alkyl halides is 6. The molecule has 0 aliphatic carbocycles. The second-order valence-electron chi connectivity index (χ2n) is 5.47. The largest absolute Gasteiger partial charge is 0.433 e. The lowest BCUT2D eigenvalue weighted by Crippen LogP contribution is -2.23. The third-order valence-electron chi connectivity index (χ3n) is 3.61. The summed E-state index contributed by atoms with van der Waals surface area (Å²) in [5.74, 6) is 0. The molecule has 0 aliphatic heterocycles. The Morgan fingerprint density at radius 3 is 1.33 bits per heavy atom. The van der Waals surface area contributed by atoms with Gasteiger partial charge < -0.3 is 0 Å². The molecular weight excluding hydrogens is 389 g/mol. The van der Waals surface area contributed by atoms with Crippen molar-refractivity contribution in [3.05, 3.63) is 78.4 Å². The summed E-state index contributed by atoms with van der Waals surface area (Å²) >= 11 is 0. The Kier molecular flexibility index (Phi) is 5.20. The van der Waals surface area contributed by atoms with Crippen LogP contribution in [0.15, 0.2) is 67.0 Å². The van der Waals surface area contributed by atoms with Crippen molar-refractivity contribution >= 4 is 23.8 Å². The SMILES string of the molecule is FC(F)(F)c1ccc(P(c2ccccc2)c2ccc(C(F)(F)F)nc2)cn1. The predicted molar refractivity (Wildman–Crippen MR) is 90.7 cm³/mol. The minimum absolute atomic E-state index is 0.478. The average molecular weight is 400 g/mol. The minimum atomic E-state index is -4.57. The molecule has 0 amide bonds. The van der Waals surface area contributed by atoms with E-state index in [-0.39, 0.29) is 0 Å². The van der Waals surface area contributed by atoms with Gasteiger partial charge in [-0.25, -0.2) is 0 Å². The van der Waals surface area contributed by atoms with E-state index in [1.54, 1.807) is 30.3 Å². The van der Waals surface area contributed by atoms with Crippen molar-refractivity contribution in [2.75, 3.05) is 0 Å². The summed E-state index contributed by atoms with van der Waals surface area (Å²) < 4.78 is 76.5. The van der Waals surface area contributed by atoms with E-state index in [9.17, 15) is 26.3 Å². The van der Waals surface area contributed by atoms with Crippen LogP contribution in [-0.2, 0) is 12.4 Å². The van der Waals surface area contributed by atoms with Gasteiger partial charge in [-0.2, -0.15) is 26.3 Å². The van der Waals surface area contributed by atoms with E-state index >= 15 is 0 Å². The fraction of sp³-hybridized carbons (Fsp3) is 0.111. The van der Waals surface area contributed by atoms with Gasteiger partial charge >= 0.3 is 12.4 Å². The van der Waals surface area contributed by atoms with E-state index in [0.717, 1.165) is 29.8 Å². The molecule has 0 saturated carbocycles. The van der Waals surface area contributed by atoms with Crippen LogP contribution in [0.3, 0.4) is 0 Å². The van der Waals surface area contributed by atoms with Gasteiger partial charge in [0.2, 0.25) is 0 Å². The molecule has 0 spiro atoms. The van der Waals surface area contributed by atoms with Gasteiger partial charge in [0.05, 0.1) is 0 Å². The Balaban J connectivity index is 2.05. The molecule has 0 N–H and O–H groups in total. The first kappa shape index (κ1) is 19.3. The molecule has 3 rings (SSSR count). The molecule has 9 heteroatoms. The summed E-state index contributed by atoms with van der Waals surface area (Å²) in [5, 5.41) is 1.71. The van der Waals surface area contributed by atoms with Crippen LogP contribution in [0.2, 0.25) is 0 Å². The molecule has 2 heterocycles. The van der Waals surface area contributed by atoms with Crippen molar-refractivity contribution < 1.29 is 26.3 Å². The number of hydrogen-bond donors (Lipinski definition) is 0. The average Bonchev–Trinajstić information content (AvgIpc) is 2.62. The first-order chi connectivity index (χ1) is 12.7. The summed E-state index contributed by atoms with van der Waals surface area (Å²) in [5.41, 5.74) is -2.06. The van der Waals surface area contributed by atoms with Crippen molar-refractivity contribution in [2.24, 2.45) is 0 Å². The Hall–Kier alpha value is -2.47. The molecule has 2 nitrogen and oxygen atoms in total. The smallest absolute Gasteiger partial charge is 0.251 e. The number of hydrogen-bond acceptors (Lipinski definition) is 2. The standard InChI is InChI=1S/C18H11F6N2P/c19-17(20,21)15-8-6-13(10-25-15)27(12-4-2-1-3-5-12)14-7-9-16(26-11-14)18(22,23)24/h1-11H. The quantitative estimate of drug-likeness (QED) is 0.485. The highest BCUT2D eigenvalue weighted by Gasteiger charge is 2.33. The molecule has 0 unspecified atom stereocenters. The molecule has 0 atom stereocenters. The van der Waals surface area contributed by atoms with Crippen molar-refractivity contribution in [2.45, 2.75) is 12.4 Å². The van der Waals surface area contributed by atoms with Crippen LogP contribution in [0, 0.1) is 0 Å². The van der Waals surface area contributed by atoms with E-state index in [1.165, 1.54) is 12.1 Å². The second kappa shape index (κ2) is 7.27. The summed E-state index contributed by atoms with van der Waals surface area (Å²) in [6.45, 7) is 0. The highest BCUT2D eigenvalue weighted by atomic mass is 31.1. The van der Waals surface area contributed by atoms with Crippen molar-refractivity contribution in [1.82, 2.24) is 9.97 Å². The summed E-state index contributed by atoms with van der Waals surface area (Å²) in [6.07, 6.45) is -6.91. The van der Waals surface area contributed by atoms with E-state index in [1.807, 2.05) is 0 Å². The third kappa shape index (κ3) is 4.45. The van der Waals surface area contributed by atoms with Crippen molar-refractivity contribution in [1.29, 1.82) is 0 Å². The summed E-state index contributed by atoms with van der Waals surface area (Å²) in [6, 6.07) is 13.1.